The SMILES string of the molecule is CCNC(=O)[C@@H](C)N(Cc1ccccc1)C(=O)CN(c1ccc(Br)cc1)S(C)(=O)=O. The molecule has 0 unspecified atom stereocenters. The summed E-state index contributed by atoms with van der Waals surface area (Å²) in [6, 6.07) is 15.2. The maximum absolute atomic E-state index is 13.2. The van der Waals surface area contributed by atoms with Crippen molar-refractivity contribution in [3.8, 4) is 0 Å². The van der Waals surface area contributed by atoms with E-state index in [-0.39, 0.29) is 12.5 Å². The molecule has 0 fully saturated rings. The average molecular weight is 496 g/mol. The first-order valence-electron chi connectivity index (χ1n) is 9.48. The normalized spacial score (nSPS) is 12.1. The Balaban J connectivity index is 2.34. The van der Waals surface area contributed by atoms with Crippen LogP contribution >= 0.6 is 15.9 Å². The summed E-state index contributed by atoms with van der Waals surface area (Å²) in [5.41, 5.74) is 1.22. The number of nitrogens with zero attached hydrogens (tertiary/aromatic N) is 2. The molecule has 2 aromatic carbocycles. The molecular weight excluding hydrogens is 470 g/mol. The summed E-state index contributed by atoms with van der Waals surface area (Å²) in [5.74, 6) is -0.762. The van der Waals surface area contributed by atoms with Gasteiger partial charge in [0, 0.05) is 17.6 Å². The summed E-state index contributed by atoms with van der Waals surface area (Å²) in [7, 11) is -3.72. The Bertz CT molecular complexity index is 966. The Hall–Kier alpha value is -2.39. The van der Waals surface area contributed by atoms with E-state index in [4.69, 9.17) is 0 Å². The fraction of sp³-hybridized carbons (Fsp3) is 0.333. The maximum atomic E-state index is 13.2. The number of benzene rings is 2. The fourth-order valence-corrected chi connectivity index (χ4v) is 4.02. The van der Waals surface area contributed by atoms with Crippen molar-refractivity contribution in [2.24, 2.45) is 0 Å². The van der Waals surface area contributed by atoms with Crippen LogP contribution in [0.5, 0.6) is 0 Å². The number of hydrogen-bond donors (Lipinski definition) is 1. The van der Waals surface area contributed by atoms with E-state index >= 15 is 0 Å². The maximum Gasteiger partial charge on any atom is 0.244 e. The van der Waals surface area contributed by atoms with Gasteiger partial charge in [-0.2, -0.15) is 0 Å². The van der Waals surface area contributed by atoms with Crippen LogP contribution in [0.2, 0.25) is 0 Å². The molecule has 0 aliphatic rings. The number of carbonyl (C=O) groups is 2. The Kier molecular flexibility index (Phi) is 8.43. The van der Waals surface area contributed by atoms with Gasteiger partial charge in [-0.3, -0.25) is 13.9 Å². The van der Waals surface area contributed by atoms with E-state index in [2.05, 4.69) is 21.2 Å². The lowest BCUT2D eigenvalue weighted by atomic mass is 10.1. The zero-order valence-electron chi connectivity index (χ0n) is 17.2. The molecule has 0 saturated carbocycles. The molecular formula is C21H26BrN3O4S. The van der Waals surface area contributed by atoms with Gasteiger partial charge in [0.1, 0.15) is 12.6 Å². The zero-order valence-corrected chi connectivity index (χ0v) is 19.6. The summed E-state index contributed by atoms with van der Waals surface area (Å²) >= 11 is 3.32. The van der Waals surface area contributed by atoms with E-state index < -0.39 is 28.5 Å². The van der Waals surface area contributed by atoms with Crippen molar-refractivity contribution in [1.29, 1.82) is 0 Å². The van der Waals surface area contributed by atoms with Crippen LogP contribution in [0.4, 0.5) is 5.69 Å². The third-order valence-corrected chi connectivity index (χ3v) is 6.18. The van der Waals surface area contributed by atoms with E-state index in [1.807, 2.05) is 30.3 Å². The summed E-state index contributed by atoms with van der Waals surface area (Å²) < 4.78 is 26.6. The van der Waals surface area contributed by atoms with Gasteiger partial charge in [0.05, 0.1) is 11.9 Å². The van der Waals surface area contributed by atoms with Crippen molar-refractivity contribution in [3.63, 3.8) is 0 Å². The molecule has 162 valence electrons. The van der Waals surface area contributed by atoms with Gasteiger partial charge in [-0.05, 0) is 43.7 Å². The van der Waals surface area contributed by atoms with Crippen molar-refractivity contribution < 1.29 is 18.0 Å². The number of likely N-dealkylation sites (N-methyl/N-ethyl adjacent to an activating group) is 1. The molecule has 1 atom stereocenters. The standard InChI is InChI=1S/C21H26BrN3O4S/c1-4-23-21(27)16(2)24(14-17-8-6-5-7-9-17)20(26)15-25(30(3,28)29)19-12-10-18(22)11-13-19/h5-13,16H,4,14-15H2,1-3H3,(H,23,27)/t16-/m1/s1. The Morgan fingerprint density at radius 2 is 1.67 bits per heavy atom. The molecule has 2 aromatic rings. The molecule has 0 heterocycles. The Morgan fingerprint density at radius 3 is 2.20 bits per heavy atom. The van der Waals surface area contributed by atoms with E-state index in [0.29, 0.717) is 12.2 Å². The molecule has 2 amide bonds. The quantitative estimate of drug-likeness (QED) is 0.579. The first kappa shape index (κ1) is 23.9. The van der Waals surface area contributed by atoms with Crippen molar-refractivity contribution in [2.75, 3.05) is 23.7 Å². The predicted octanol–water partition coefficient (Wildman–Crippen LogP) is 2.77. The smallest absolute Gasteiger partial charge is 0.244 e. The van der Waals surface area contributed by atoms with Gasteiger partial charge >= 0.3 is 0 Å². The van der Waals surface area contributed by atoms with Gasteiger partial charge in [-0.1, -0.05) is 46.3 Å². The van der Waals surface area contributed by atoms with Crippen LogP contribution in [0, 0.1) is 0 Å². The monoisotopic (exact) mass is 495 g/mol. The highest BCUT2D eigenvalue weighted by atomic mass is 79.9. The number of nitrogens with one attached hydrogen (secondary N) is 1. The van der Waals surface area contributed by atoms with Gasteiger partial charge in [0.25, 0.3) is 0 Å². The van der Waals surface area contributed by atoms with Crippen molar-refractivity contribution in [2.45, 2.75) is 26.4 Å². The number of anilines is 1. The molecule has 0 bridgehead atoms. The van der Waals surface area contributed by atoms with Crippen molar-refractivity contribution >= 4 is 43.5 Å². The van der Waals surface area contributed by atoms with Crippen LogP contribution < -0.4 is 9.62 Å². The number of amides is 2. The van der Waals surface area contributed by atoms with Gasteiger partial charge in [0.15, 0.2) is 0 Å². The number of hydrogen-bond acceptors (Lipinski definition) is 4. The lowest BCUT2D eigenvalue weighted by molar-refractivity contribution is -0.139. The highest BCUT2D eigenvalue weighted by Gasteiger charge is 2.29. The van der Waals surface area contributed by atoms with Crippen LogP contribution in [0.15, 0.2) is 59.1 Å². The highest BCUT2D eigenvalue weighted by molar-refractivity contribution is 9.10. The van der Waals surface area contributed by atoms with E-state index in [9.17, 15) is 18.0 Å². The Morgan fingerprint density at radius 1 is 1.07 bits per heavy atom. The predicted molar refractivity (Wildman–Crippen MR) is 121 cm³/mol. The molecule has 0 aliphatic heterocycles. The minimum atomic E-state index is -3.72. The second kappa shape index (κ2) is 10.6. The van der Waals surface area contributed by atoms with Gasteiger partial charge < -0.3 is 10.2 Å². The third-order valence-electron chi connectivity index (χ3n) is 4.51. The van der Waals surface area contributed by atoms with Gasteiger partial charge in [-0.25, -0.2) is 8.42 Å². The molecule has 0 radical (unpaired) electrons. The molecule has 0 spiro atoms. The summed E-state index contributed by atoms with van der Waals surface area (Å²) in [4.78, 5) is 27.1. The van der Waals surface area contributed by atoms with Crippen LogP contribution in [-0.2, 0) is 26.2 Å². The van der Waals surface area contributed by atoms with Crippen LogP contribution in [0.25, 0.3) is 0 Å². The van der Waals surface area contributed by atoms with Crippen molar-refractivity contribution in [3.05, 3.63) is 64.6 Å². The average Bonchev–Trinajstić information content (AvgIpc) is 2.70. The van der Waals surface area contributed by atoms with Crippen LogP contribution in [-0.4, -0.2) is 50.5 Å². The lowest BCUT2D eigenvalue weighted by Crippen LogP contribution is -2.51. The third kappa shape index (κ3) is 6.56. The molecule has 0 aromatic heterocycles. The highest BCUT2D eigenvalue weighted by Crippen LogP contribution is 2.21. The molecule has 1 N–H and O–H groups in total. The van der Waals surface area contributed by atoms with Gasteiger partial charge in [-0.15, -0.1) is 0 Å². The minimum absolute atomic E-state index is 0.190. The number of sulfonamides is 1. The number of rotatable bonds is 9. The van der Waals surface area contributed by atoms with E-state index in [0.717, 1.165) is 20.6 Å². The summed E-state index contributed by atoms with van der Waals surface area (Å²) in [6.07, 6.45) is 1.05. The first-order valence-corrected chi connectivity index (χ1v) is 12.1. The number of carbonyl (C=O) groups excluding carboxylic acids is 2. The topological polar surface area (TPSA) is 86.8 Å². The Labute approximate surface area is 186 Å². The van der Waals surface area contributed by atoms with E-state index in [1.54, 1.807) is 38.1 Å². The summed E-state index contributed by atoms with van der Waals surface area (Å²) in [6.45, 7) is 3.65. The van der Waals surface area contributed by atoms with Crippen LogP contribution in [0.3, 0.4) is 0 Å². The van der Waals surface area contributed by atoms with Crippen molar-refractivity contribution in [1.82, 2.24) is 10.2 Å². The molecule has 7 nitrogen and oxygen atoms in total. The van der Waals surface area contributed by atoms with Crippen LogP contribution in [0.1, 0.15) is 19.4 Å². The fourth-order valence-electron chi connectivity index (χ4n) is 2.91. The minimum Gasteiger partial charge on any atom is -0.355 e. The lowest BCUT2D eigenvalue weighted by Gasteiger charge is -2.31. The molecule has 0 aliphatic carbocycles. The first-order chi connectivity index (χ1) is 14.1. The summed E-state index contributed by atoms with van der Waals surface area (Å²) in [5, 5.41) is 2.72. The molecule has 30 heavy (non-hydrogen) atoms. The van der Waals surface area contributed by atoms with Gasteiger partial charge in [0.2, 0.25) is 21.8 Å². The second-order valence-electron chi connectivity index (χ2n) is 6.82. The molecule has 9 heteroatoms. The molecule has 2 rings (SSSR count). The zero-order chi connectivity index (χ0) is 22.3. The second-order valence-corrected chi connectivity index (χ2v) is 9.65. The largest absolute Gasteiger partial charge is 0.355 e. The number of halogens is 1. The molecule has 0 saturated heterocycles. The van der Waals surface area contributed by atoms with E-state index in [1.165, 1.54) is 4.90 Å².